The normalized spacial score (nSPS) is 9.82. The van der Waals surface area contributed by atoms with E-state index >= 15 is 0 Å². The number of hydrogen-bond acceptors (Lipinski definition) is 2. The quantitative estimate of drug-likeness (QED) is 0.477. The van der Waals surface area contributed by atoms with E-state index in [0.29, 0.717) is 5.69 Å². The first kappa shape index (κ1) is 8.01. The fraction of sp³-hybridized carbons (Fsp3) is 0.250. The van der Waals surface area contributed by atoms with Crippen LogP contribution in [0, 0.1) is 19.7 Å². The van der Waals surface area contributed by atoms with E-state index in [4.69, 9.17) is 5.84 Å². The second-order valence-electron chi connectivity index (χ2n) is 2.58. The average molecular weight is 154 g/mol. The zero-order valence-corrected chi connectivity index (χ0v) is 6.61. The van der Waals surface area contributed by atoms with E-state index in [2.05, 4.69) is 5.43 Å². The first-order valence-electron chi connectivity index (χ1n) is 3.38. The van der Waals surface area contributed by atoms with Gasteiger partial charge in [-0.05, 0) is 31.0 Å². The fourth-order valence-corrected chi connectivity index (χ4v) is 1.10. The monoisotopic (exact) mass is 154 g/mol. The van der Waals surface area contributed by atoms with Gasteiger partial charge in [-0.25, -0.2) is 4.39 Å². The predicted molar refractivity (Wildman–Crippen MR) is 43.7 cm³/mol. The third-order valence-corrected chi connectivity index (χ3v) is 1.58. The standard InChI is InChI=1S/C8H11FN2/c1-5-3-6(2)8(11-10)7(9)4-5/h3-4,11H,10H2,1-2H3. The highest BCUT2D eigenvalue weighted by molar-refractivity contribution is 5.52. The van der Waals surface area contributed by atoms with Crippen LogP contribution in [0.5, 0.6) is 0 Å². The second-order valence-corrected chi connectivity index (χ2v) is 2.58. The molecule has 0 aromatic heterocycles. The lowest BCUT2D eigenvalue weighted by molar-refractivity contribution is 0.628. The van der Waals surface area contributed by atoms with E-state index in [1.54, 1.807) is 0 Å². The Hall–Kier alpha value is -1.09. The molecule has 11 heavy (non-hydrogen) atoms. The van der Waals surface area contributed by atoms with Gasteiger partial charge in [0, 0.05) is 0 Å². The van der Waals surface area contributed by atoms with Gasteiger partial charge < -0.3 is 5.43 Å². The van der Waals surface area contributed by atoms with Crippen LogP contribution in [-0.4, -0.2) is 0 Å². The van der Waals surface area contributed by atoms with Crippen LogP contribution in [0.3, 0.4) is 0 Å². The number of hydrogen-bond donors (Lipinski definition) is 2. The Balaban J connectivity index is 3.25. The van der Waals surface area contributed by atoms with Crippen molar-refractivity contribution in [1.82, 2.24) is 0 Å². The molecular formula is C8H11FN2. The van der Waals surface area contributed by atoms with Crippen molar-refractivity contribution < 1.29 is 4.39 Å². The van der Waals surface area contributed by atoms with Crippen LogP contribution in [0.25, 0.3) is 0 Å². The van der Waals surface area contributed by atoms with Crippen molar-refractivity contribution >= 4 is 5.69 Å². The van der Waals surface area contributed by atoms with Gasteiger partial charge in [-0.15, -0.1) is 0 Å². The van der Waals surface area contributed by atoms with Crippen molar-refractivity contribution in [1.29, 1.82) is 0 Å². The Morgan fingerprint density at radius 2 is 2.00 bits per heavy atom. The molecule has 0 unspecified atom stereocenters. The molecule has 0 fully saturated rings. The van der Waals surface area contributed by atoms with Crippen LogP contribution in [0.1, 0.15) is 11.1 Å². The number of benzene rings is 1. The van der Waals surface area contributed by atoms with Crippen LogP contribution >= 0.6 is 0 Å². The van der Waals surface area contributed by atoms with Crippen molar-refractivity contribution in [2.24, 2.45) is 5.84 Å². The van der Waals surface area contributed by atoms with Gasteiger partial charge in [0.2, 0.25) is 0 Å². The lowest BCUT2D eigenvalue weighted by atomic mass is 10.1. The maximum atomic E-state index is 13.0. The van der Waals surface area contributed by atoms with Crippen molar-refractivity contribution in [3.05, 3.63) is 29.1 Å². The molecule has 0 saturated heterocycles. The molecule has 60 valence electrons. The van der Waals surface area contributed by atoms with Gasteiger partial charge in [-0.1, -0.05) is 6.07 Å². The summed E-state index contributed by atoms with van der Waals surface area (Å²) in [5.41, 5.74) is 4.41. The molecule has 1 rings (SSSR count). The van der Waals surface area contributed by atoms with Gasteiger partial charge in [0.15, 0.2) is 0 Å². The molecule has 1 aromatic carbocycles. The van der Waals surface area contributed by atoms with Gasteiger partial charge in [0.05, 0.1) is 5.69 Å². The van der Waals surface area contributed by atoms with Gasteiger partial charge >= 0.3 is 0 Å². The summed E-state index contributed by atoms with van der Waals surface area (Å²) in [5, 5.41) is 0. The molecule has 3 heteroatoms. The molecule has 0 spiro atoms. The van der Waals surface area contributed by atoms with Crippen molar-refractivity contribution in [3.63, 3.8) is 0 Å². The van der Waals surface area contributed by atoms with E-state index in [9.17, 15) is 4.39 Å². The van der Waals surface area contributed by atoms with Crippen molar-refractivity contribution in [3.8, 4) is 0 Å². The van der Waals surface area contributed by atoms with Crippen LogP contribution in [-0.2, 0) is 0 Å². The number of anilines is 1. The maximum absolute atomic E-state index is 13.0. The molecular weight excluding hydrogens is 143 g/mol. The van der Waals surface area contributed by atoms with Gasteiger partial charge in [0.1, 0.15) is 5.82 Å². The minimum Gasteiger partial charge on any atom is -0.321 e. The van der Waals surface area contributed by atoms with Crippen molar-refractivity contribution in [2.45, 2.75) is 13.8 Å². The molecule has 0 bridgehead atoms. The summed E-state index contributed by atoms with van der Waals surface area (Å²) in [6.45, 7) is 3.65. The molecule has 0 amide bonds. The Bertz CT molecular complexity index is 248. The largest absolute Gasteiger partial charge is 0.321 e. The van der Waals surface area contributed by atoms with Crippen LogP contribution in [0.4, 0.5) is 10.1 Å². The van der Waals surface area contributed by atoms with Gasteiger partial charge in [0.25, 0.3) is 0 Å². The number of nitrogens with two attached hydrogens (primary N) is 1. The molecule has 3 N–H and O–H groups in total. The van der Waals surface area contributed by atoms with E-state index in [0.717, 1.165) is 11.1 Å². The highest BCUT2D eigenvalue weighted by Gasteiger charge is 2.03. The van der Waals surface area contributed by atoms with Crippen LogP contribution in [0.15, 0.2) is 12.1 Å². The molecule has 1 aromatic rings. The smallest absolute Gasteiger partial charge is 0.148 e. The number of rotatable bonds is 1. The van der Waals surface area contributed by atoms with Gasteiger partial charge in [-0.2, -0.15) is 0 Å². The van der Waals surface area contributed by atoms with Crippen molar-refractivity contribution in [2.75, 3.05) is 5.43 Å². The number of halogens is 1. The lowest BCUT2D eigenvalue weighted by Crippen LogP contribution is -2.10. The summed E-state index contributed by atoms with van der Waals surface area (Å²) >= 11 is 0. The Labute approximate surface area is 65.2 Å². The molecule has 0 atom stereocenters. The number of aryl methyl sites for hydroxylation is 2. The Kier molecular flexibility index (Phi) is 2.10. The fourth-order valence-electron chi connectivity index (χ4n) is 1.10. The molecule has 0 aliphatic rings. The lowest BCUT2D eigenvalue weighted by Gasteiger charge is -2.06. The topological polar surface area (TPSA) is 38.0 Å². The van der Waals surface area contributed by atoms with E-state index < -0.39 is 0 Å². The number of hydrazine groups is 1. The molecule has 0 saturated carbocycles. The Morgan fingerprint density at radius 1 is 1.36 bits per heavy atom. The first-order valence-corrected chi connectivity index (χ1v) is 3.38. The minimum atomic E-state index is -0.301. The summed E-state index contributed by atoms with van der Waals surface area (Å²) in [6, 6.07) is 3.32. The molecule has 0 aliphatic heterocycles. The summed E-state index contributed by atoms with van der Waals surface area (Å²) in [4.78, 5) is 0. The third kappa shape index (κ3) is 1.49. The van der Waals surface area contributed by atoms with Crippen LogP contribution in [0.2, 0.25) is 0 Å². The van der Waals surface area contributed by atoms with E-state index in [-0.39, 0.29) is 5.82 Å². The zero-order chi connectivity index (χ0) is 8.43. The minimum absolute atomic E-state index is 0.301. The Morgan fingerprint density at radius 3 is 2.45 bits per heavy atom. The average Bonchev–Trinajstić information content (AvgIpc) is 1.85. The zero-order valence-electron chi connectivity index (χ0n) is 6.61. The summed E-state index contributed by atoms with van der Waals surface area (Å²) in [6.07, 6.45) is 0. The molecule has 0 heterocycles. The summed E-state index contributed by atoms with van der Waals surface area (Å²) in [7, 11) is 0. The third-order valence-electron chi connectivity index (χ3n) is 1.58. The predicted octanol–water partition coefficient (Wildman–Crippen LogP) is 1.73. The highest BCUT2D eigenvalue weighted by Crippen LogP contribution is 2.19. The highest BCUT2D eigenvalue weighted by atomic mass is 19.1. The SMILES string of the molecule is Cc1cc(C)c(NN)c(F)c1. The summed E-state index contributed by atoms with van der Waals surface area (Å²) < 4.78 is 13.0. The van der Waals surface area contributed by atoms with E-state index in [1.165, 1.54) is 6.07 Å². The number of nitrogens with one attached hydrogen (secondary N) is 1. The molecule has 2 nitrogen and oxygen atoms in total. The second kappa shape index (κ2) is 2.88. The van der Waals surface area contributed by atoms with Crippen LogP contribution < -0.4 is 11.3 Å². The van der Waals surface area contributed by atoms with E-state index in [1.807, 2.05) is 19.9 Å². The molecule has 0 aliphatic carbocycles. The van der Waals surface area contributed by atoms with Gasteiger partial charge in [-0.3, -0.25) is 5.84 Å². The number of nitrogen functional groups attached to an aromatic ring is 1. The molecule has 0 radical (unpaired) electrons. The maximum Gasteiger partial charge on any atom is 0.148 e. The summed E-state index contributed by atoms with van der Waals surface area (Å²) in [5.74, 6) is 4.81. The first-order chi connectivity index (χ1) is 5.15.